The lowest BCUT2D eigenvalue weighted by Gasteiger charge is -2.37. The van der Waals surface area contributed by atoms with Gasteiger partial charge < -0.3 is 15.7 Å². The molecule has 1 aliphatic heterocycles. The number of primary amides is 1. The van der Waals surface area contributed by atoms with E-state index < -0.39 is 35.4 Å². The van der Waals surface area contributed by atoms with Gasteiger partial charge in [-0.05, 0) is 18.9 Å². The van der Waals surface area contributed by atoms with E-state index in [2.05, 4.69) is 10.2 Å². The lowest BCUT2D eigenvalue weighted by molar-refractivity contribution is -0.160. The number of aliphatic hydroxyl groups excluding tert-OH is 1. The van der Waals surface area contributed by atoms with Crippen molar-refractivity contribution in [3.05, 3.63) is 28.7 Å². The monoisotopic (exact) mass is 376 g/mol. The minimum Gasteiger partial charge on any atom is -0.382 e. The third-order valence-corrected chi connectivity index (χ3v) is 4.93. The number of urea groups is 1. The van der Waals surface area contributed by atoms with E-state index in [1.165, 1.54) is 17.2 Å². The first-order chi connectivity index (χ1) is 11.7. The Morgan fingerprint density at radius 3 is 2.72 bits per heavy atom. The number of aromatic amines is 1. The summed E-state index contributed by atoms with van der Waals surface area (Å²) < 4.78 is 44.1. The Morgan fingerprint density at radius 2 is 2.12 bits per heavy atom. The van der Waals surface area contributed by atoms with E-state index in [0.29, 0.717) is 5.39 Å². The van der Waals surface area contributed by atoms with Crippen molar-refractivity contribution in [3.63, 3.8) is 0 Å². The molecule has 6 nitrogen and oxygen atoms in total. The molecule has 0 saturated carbocycles. The first-order valence-electron chi connectivity index (χ1n) is 7.64. The van der Waals surface area contributed by atoms with Gasteiger partial charge in [-0.1, -0.05) is 11.6 Å². The number of H-pyrrole nitrogens is 1. The normalized spacial score (nSPS) is 17.9. The molecule has 1 atom stereocenters. The van der Waals surface area contributed by atoms with E-state index in [-0.39, 0.29) is 36.5 Å². The SMILES string of the molecule is NC(=O)N1CCC(C(F)(F)C(O)c2c(F)c(Cl)cc3cn[nH]c23)CC1. The number of halogens is 4. The fourth-order valence-corrected chi connectivity index (χ4v) is 3.44. The number of aromatic nitrogens is 2. The number of carbonyl (C=O) groups is 1. The number of nitrogens with two attached hydrogens (primary N) is 1. The first-order valence-corrected chi connectivity index (χ1v) is 8.02. The van der Waals surface area contributed by atoms with E-state index >= 15 is 0 Å². The number of hydrogen-bond acceptors (Lipinski definition) is 3. The average Bonchev–Trinajstić information content (AvgIpc) is 3.03. The van der Waals surface area contributed by atoms with Gasteiger partial charge in [-0.25, -0.2) is 18.0 Å². The molecular weight excluding hydrogens is 361 g/mol. The van der Waals surface area contributed by atoms with Gasteiger partial charge in [0.25, 0.3) is 5.92 Å². The van der Waals surface area contributed by atoms with Crippen LogP contribution in [0, 0.1) is 11.7 Å². The molecule has 2 aromatic rings. The van der Waals surface area contributed by atoms with Gasteiger partial charge >= 0.3 is 6.03 Å². The van der Waals surface area contributed by atoms with Crippen molar-refractivity contribution in [2.45, 2.75) is 24.9 Å². The highest BCUT2D eigenvalue weighted by Crippen LogP contribution is 2.45. The van der Waals surface area contributed by atoms with Gasteiger partial charge in [-0.2, -0.15) is 5.10 Å². The number of aliphatic hydroxyl groups is 1. The summed E-state index contributed by atoms with van der Waals surface area (Å²) >= 11 is 5.75. The lowest BCUT2D eigenvalue weighted by atomic mass is 9.84. The summed E-state index contributed by atoms with van der Waals surface area (Å²) in [6.45, 7) is 0.111. The second kappa shape index (κ2) is 6.38. The Balaban J connectivity index is 1.92. The smallest absolute Gasteiger partial charge is 0.314 e. The second-order valence-corrected chi connectivity index (χ2v) is 6.50. The summed E-state index contributed by atoms with van der Waals surface area (Å²) in [5.41, 5.74) is 4.50. The molecule has 25 heavy (non-hydrogen) atoms. The zero-order chi connectivity index (χ0) is 18.4. The van der Waals surface area contributed by atoms with Gasteiger partial charge in [0.15, 0.2) is 0 Å². The molecule has 10 heteroatoms. The summed E-state index contributed by atoms with van der Waals surface area (Å²) in [6, 6.07) is 0.567. The van der Waals surface area contributed by atoms with Crippen LogP contribution in [0.4, 0.5) is 18.0 Å². The Kier molecular flexibility index (Phi) is 4.54. The maximum absolute atomic E-state index is 14.8. The van der Waals surface area contributed by atoms with Crippen LogP contribution >= 0.6 is 11.6 Å². The van der Waals surface area contributed by atoms with Crippen LogP contribution in [0.1, 0.15) is 24.5 Å². The first kappa shape index (κ1) is 17.8. The Bertz CT molecular complexity index is 805. The number of benzene rings is 1. The van der Waals surface area contributed by atoms with E-state index in [1.54, 1.807) is 0 Å². The largest absolute Gasteiger partial charge is 0.382 e. The lowest BCUT2D eigenvalue weighted by Crippen LogP contribution is -2.47. The van der Waals surface area contributed by atoms with Crippen LogP contribution in [-0.2, 0) is 0 Å². The number of piperidine rings is 1. The second-order valence-electron chi connectivity index (χ2n) is 6.10. The molecule has 1 saturated heterocycles. The molecule has 0 bridgehead atoms. The number of hydrogen-bond donors (Lipinski definition) is 3. The number of fused-ring (bicyclic) bond motifs is 1. The van der Waals surface area contributed by atoms with Crippen molar-refractivity contribution in [3.8, 4) is 0 Å². The van der Waals surface area contributed by atoms with Crippen LogP contribution in [0.2, 0.25) is 5.02 Å². The Hall–Kier alpha value is -2.00. The average molecular weight is 377 g/mol. The molecule has 3 rings (SSSR count). The van der Waals surface area contributed by atoms with Gasteiger partial charge in [0.2, 0.25) is 0 Å². The summed E-state index contributed by atoms with van der Waals surface area (Å²) in [7, 11) is 0. The van der Waals surface area contributed by atoms with Crippen molar-refractivity contribution >= 4 is 28.5 Å². The number of carbonyl (C=O) groups excluding carboxylic acids is 1. The van der Waals surface area contributed by atoms with Gasteiger partial charge in [-0.15, -0.1) is 0 Å². The maximum Gasteiger partial charge on any atom is 0.314 e. The summed E-state index contributed by atoms with van der Waals surface area (Å²) in [5.74, 6) is -5.96. The fraction of sp³-hybridized carbons (Fsp3) is 0.467. The predicted molar refractivity (Wildman–Crippen MR) is 84.8 cm³/mol. The molecule has 0 radical (unpaired) electrons. The fourth-order valence-electron chi connectivity index (χ4n) is 3.22. The molecule has 1 aromatic heterocycles. The van der Waals surface area contributed by atoms with Crippen LogP contribution in [0.3, 0.4) is 0 Å². The molecule has 1 unspecified atom stereocenters. The molecule has 1 aromatic carbocycles. The zero-order valence-corrected chi connectivity index (χ0v) is 13.7. The predicted octanol–water partition coefficient (Wildman–Crippen LogP) is 2.81. The number of amides is 2. The van der Waals surface area contributed by atoms with Crippen LogP contribution < -0.4 is 5.73 Å². The molecular formula is C15H16ClF3N4O2. The number of nitrogens with zero attached hydrogens (tertiary/aromatic N) is 2. The molecule has 136 valence electrons. The van der Waals surface area contributed by atoms with E-state index in [9.17, 15) is 23.1 Å². The van der Waals surface area contributed by atoms with Crippen molar-refractivity contribution in [2.24, 2.45) is 11.7 Å². The van der Waals surface area contributed by atoms with Crippen LogP contribution in [0.25, 0.3) is 10.9 Å². The van der Waals surface area contributed by atoms with Crippen molar-refractivity contribution in [2.75, 3.05) is 13.1 Å². The summed E-state index contributed by atoms with van der Waals surface area (Å²) in [6.07, 6.45) is -1.21. The van der Waals surface area contributed by atoms with Crippen LogP contribution in [0.15, 0.2) is 12.3 Å². The molecule has 2 heterocycles. The minimum absolute atomic E-state index is 0.0244. The van der Waals surface area contributed by atoms with Gasteiger partial charge in [0, 0.05) is 30.0 Å². The molecule has 2 amide bonds. The maximum atomic E-state index is 14.8. The molecule has 1 aliphatic rings. The Labute approximate surface area is 145 Å². The van der Waals surface area contributed by atoms with E-state index in [1.807, 2.05) is 0 Å². The van der Waals surface area contributed by atoms with Gasteiger partial charge in [0.05, 0.1) is 16.7 Å². The van der Waals surface area contributed by atoms with Gasteiger partial charge in [0.1, 0.15) is 11.9 Å². The van der Waals surface area contributed by atoms with Crippen LogP contribution in [0.5, 0.6) is 0 Å². The molecule has 4 N–H and O–H groups in total. The van der Waals surface area contributed by atoms with Crippen LogP contribution in [-0.4, -0.2) is 45.2 Å². The molecule has 1 fully saturated rings. The topological polar surface area (TPSA) is 95.2 Å². The summed E-state index contributed by atoms with van der Waals surface area (Å²) in [5, 5.41) is 16.4. The summed E-state index contributed by atoms with van der Waals surface area (Å²) in [4.78, 5) is 12.4. The number of rotatable bonds is 3. The zero-order valence-electron chi connectivity index (χ0n) is 13.0. The highest BCUT2D eigenvalue weighted by atomic mass is 35.5. The van der Waals surface area contributed by atoms with Crippen molar-refractivity contribution < 1.29 is 23.1 Å². The highest BCUT2D eigenvalue weighted by molar-refractivity contribution is 6.31. The molecule has 0 spiro atoms. The standard InChI is InChI=1S/C15H16ClF3N4O2/c16-9-5-7-6-21-22-12(7)10(11(9)17)13(24)15(18,19)8-1-3-23(4-2-8)14(20)25/h5-6,8,13,24H,1-4H2,(H2,20,25)(H,21,22). The third-order valence-electron chi connectivity index (χ3n) is 4.66. The van der Waals surface area contributed by atoms with Gasteiger partial charge in [-0.3, -0.25) is 5.10 Å². The van der Waals surface area contributed by atoms with E-state index in [4.69, 9.17) is 17.3 Å². The number of nitrogens with one attached hydrogen (secondary N) is 1. The minimum atomic E-state index is -3.62. The Morgan fingerprint density at radius 1 is 1.48 bits per heavy atom. The quantitative estimate of drug-likeness (QED) is 0.768. The molecule has 0 aliphatic carbocycles. The third kappa shape index (κ3) is 3.02. The van der Waals surface area contributed by atoms with Crippen molar-refractivity contribution in [1.82, 2.24) is 15.1 Å². The van der Waals surface area contributed by atoms with Crippen molar-refractivity contribution in [1.29, 1.82) is 0 Å². The number of alkyl halides is 2. The highest BCUT2D eigenvalue weighted by Gasteiger charge is 2.49. The number of likely N-dealkylation sites (tertiary alicyclic amines) is 1. The van der Waals surface area contributed by atoms with E-state index in [0.717, 1.165) is 0 Å².